The molecule has 0 fully saturated rings. The van der Waals surface area contributed by atoms with Crippen LogP contribution < -0.4 is 24.8 Å². The van der Waals surface area contributed by atoms with Gasteiger partial charge in [-0.3, -0.25) is 0 Å². The quantitative estimate of drug-likeness (QED) is 0.253. The van der Waals surface area contributed by atoms with Crippen LogP contribution in [0.25, 0.3) is 22.3 Å². The minimum atomic E-state index is 0. The molecule has 4 aromatic carbocycles. The Balaban J connectivity index is 0.000000727. The number of rotatable bonds is 2. The van der Waals surface area contributed by atoms with Crippen LogP contribution in [-0.4, -0.2) is 0 Å². The summed E-state index contributed by atoms with van der Waals surface area (Å²) >= 11 is 0. The van der Waals surface area contributed by atoms with E-state index in [-0.39, 0.29) is 72.7 Å². The minimum Gasteiger partial charge on any atom is -1.00 e. The summed E-state index contributed by atoms with van der Waals surface area (Å²) in [6, 6.07) is 31.3. The second kappa shape index (κ2) is 14.9. The molecule has 4 rings (SSSR count). The average Bonchev–Trinajstić information content (AvgIpc) is 3.51. The van der Waals surface area contributed by atoms with Crippen molar-refractivity contribution in [2.45, 2.75) is 105 Å². The normalized spacial score (nSPS) is 11.8. The zero-order valence-corrected chi connectivity index (χ0v) is 31.3. The molecule has 0 aromatic heterocycles. The van der Waals surface area contributed by atoms with Crippen LogP contribution in [0.3, 0.4) is 0 Å². The zero-order valence-electron chi connectivity index (χ0n) is 27.3. The Morgan fingerprint density at radius 3 is 0.732 bits per heavy atom. The maximum Gasteiger partial charge on any atom is 4.00 e. The van der Waals surface area contributed by atoms with Gasteiger partial charge < -0.3 is 24.8 Å². The van der Waals surface area contributed by atoms with E-state index in [2.05, 4.69) is 168 Å². The molecular weight excluding hydrogens is 619 g/mol. The van der Waals surface area contributed by atoms with E-state index in [1.807, 2.05) is 0 Å². The molecule has 4 aromatic rings. The largest absolute Gasteiger partial charge is 4.00 e. The molecule has 0 aliphatic rings. The molecule has 220 valence electrons. The van der Waals surface area contributed by atoms with Crippen molar-refractivity contribution in [2.75, 3.05) is 0 Å². The summed E-state index contributed by atoms with van der Waals surface area (Å²) in [5, 5.41) is 0. The predicted octanol–water partition coefficient (Wildman–Crippen LogP) is 5.34. The Labute approximate surface area is 283 Å². The van der Waals surface area contributed by atoms with E-state index in [9.17, 15) is 0 Å². The molecule has 0 saturated carbocycles. The molecule has 0 amide bonds. The molecule has 0 nitrogen and oxygen atoms in total. The third-order valence-corrected chi connectivity index (χ3v) is 7.32. The number of benzene rings is 2. The molecule has 0 heterocycles. The van der Waals surface area contributed by atoms with Crippen LogP contribution in [0.2, 0.25) is 0 Å². The van der Waals surface area contributed by atoms with E-state index in [1.165, 1.54) is 44.5 Å². The first-order valence-corrected chi connectivity index (χ1v) is 14.1. The predicted molar refractivity (Wildman–Crippen MR) is 170 cm³/mol. The molecule has 0 aliphatic heterocycles. The van der Waals surface area contributed by atoms with Gasteiger partial charge in [-0.2, -0.15) is 24.3 Å². The van der Waals surface area contributed by atoms with Crippen molar-refractivity contribution in [2.24, 2.45) is 0 Å². The van der Waals surface area contributed by atoms with Crippen LogP contribution >= 0.6 is 0 Å². The van der Waals surface area contributed by atoms with Gasteiger partial charge >= 0.3 is 26.2 Å². The number of hydrogen-bond acceptors (Lipinski definition) is 0. The molecule has 0 radical (unpaired) electrons. The first-order valence-electron chi connectivity index (χ1n) is 14.1. The fraction of sp³-hybridized carbons (Fsp3) is 0.421. The SMILES string of the molecule is CC(C)(C)c1cc(-[c-]2cccc2)cc(C(C)(C)C)c1.CC(C)(C)c1cc(-[c-]2cccc2)cc(C(C)(C)C)c1.[Cl-].[Cl-].[Zr+4]. The van der Waals surface area contributed by atoms with Gasteiger partial charge in [0, 0.05) is 0 Å². The van der Waals surface area contributed by atoms with Crippen LogP contribution in [0.1, 0.15) is 105 Å². The average molecular weight is 669 g/mol. The molecule has 0 spiro atoms. The Morgan fingerprint density at radius 1 is 0.366 bits per heavy atom. The maximum atomic E-state index is 2.37. The van der Waals surface area contributed by atoms with Crippen molar-refractivity contribution >= 4 is 0 Å². The summed E-state index contributed by atoms with van der Waals surface area (Å²) in [6.07, 6.45) is 0. The van der Waals surface area contributed by atoms with E-state index in [1.54, 1.807) is 0 Å². The van der Waals surface area contributed by atoms with Gasteiger partial charge in [-0.15, -0.1) is 59.7 Å². The van der Waals surface area contributed by atoms with Gasteiger partial charge in [-0.1, -0.05) is 129 Å². The van der Waals surface area contributed by atoms with Crippen LogP contribution in [0.15, 0.2) is 84.9 Å². The summed E-state index contributed by atoms with van der Waals surface area (Å²) in [5.41, 5.74) is 11.7. The Bertz CT molecular complexity index is 1140. The van der Waals surface area contributed by atoms with E-state index in [0.717, 1.165) is 0 Å². The van der Waals surface area contributed by atoms with Crippen molar-refractivity contribution in [3.63, 3.8) is 0 Å². The Morgan fingerprint density at radius 2 is 0.561 bits per heavy atom. The second-order valence-electron chi connectivity index (χ2n) is 14.9. The summed E-state index contributed by atoms with van der Waals surface area (Å²) < 4.78 is 0. The van der Waals surface area contributed by atoms with Crippen molar-refractivity contribution < 1.29 is 51.0 Å². The van der Waals surface area contributed by atoms with E-state index >= 15 is 0 Å². The fourth-order valence-electron chi connectivity index (χ4n) is 4.45. The number of hydrogen-bond donors (Lipinski definition) is 0. The topological polar surface area (TPSA) is 0 Å². The smallest absolute Gasteiger partial charge is 1.00 e. The van der Waals surface area contributed by atoms with Crippen molar-refractivity contribution in [3.8, 4) is 22.3 Å². The van der Waals surface area contributed by atoms with Gasteiger partial charge in [0.1, 0.15) is 0 Å². The van der Waals surface area contributed by atoms with Crippen LogP contribution in [-0.2, 0) is 47.9 Å². The third kappa shape index (κ3) is 11.0. The number of halogens is 2. The zero-order chi connectivity index (χ0) is 28.5. The van der Waals surface area contributed by atoms with Gasteiger partial charge in [0.2, 0.25) is 0 Å². The summed E-state index contributed by atoms with van der Waals surface area (Å²) in [6.45, 7) is 27.4. The Hall–Kier alpha value is -1.40. The van der Waals surface area contributed by atoms with E-state index in [4.69, 9.17) is 0 Å². The molecule has 0 N–H and O–H groups in total. The van der Waals surface area contributed by atoms with Crippen molar-refractivity contribution in [1.29, 1.82) is 0 Å². The Kier molecular flexibility index (Phi) is 14.4. The molecule has 0 aliphatic carbocycles. The van der Waals surface area contributed by atoms with E-state index in [0.29, 0.717) is 0 Å². The summed E-state index contributed by atoms with van der Waals surface area (Å²) in [4.78, 5) is 0. The van der Waals surface area contributed by atoms with Gasteiger partial charge in [0.15, 0.2) is 0 Å². The van der Waals surface area contributed by atoms with Crippen molar-refractivity contribution in [3.05, 3.63) is 107 Å². The van der Waals surface area contributed by atoms with Crippen molar-refractivity contribution in [1.82, 2.24) is 0 Å². The van der Waals surface area contributed by atoms with Gasteiger partial charge in [-0.05, 0) is 21.7 Å². The van der Waals surface area contributed by atoms with E-state index < -0.39 is 0 Å². The van der Waals surface area contributed by atoms with Gasteiger partial charge in [0.05, 0.1) is 0 Å². The van der Waals surface area contributed by atoms with Crippen LogP contribution in [0.5, 0.6) is 0 Å². The molecule has 0 atom stereocenters. The summed E-state index contributed by atoms with van der Waals surface area (Å²) in [7, 11) is 0. The molecule has 0 saturated heterocycles. The van der Waals surface area contributed by atoms with Crippen LogP contribution in [0, 0.1) is 0 Å². The minimum absolute atomic E-state index is 0. The molecule has 41 heavy (non-hydrogen) atoms. The first-order chi connectivity index (χ1) is 17.4. The maximum absolute atomic E-state index is 2.37. The van der Waals surface area contributed by atoms with Crippen LogP contribution in [0.4, 0.5) is 0 Å². The molecular formula is C38H50Cl2Zr. The molecule has 0 unspecified atom stereocenters. The summed E-state index contributed by atoms with van der Waals surface area (Å²) in [5.74, 6) is 0. The molecule has 0 bridgehead atoms. The first kappa shape index (κ1) is 39.6. The standard InChI is InChI=1S/2C19H25.2ClH.Zr/c2*1-18(2,3)16-11-15(14-9-7-8-10-14)12-17(13-16)19(4,5)6;;;/h2*7-13H,1-6H3;2*1H;/q2*-1;;;+4/p-2. The van der Waals surface area contributed by atoms with Gasteiger partial charge in [0.25, 0.3) is 0 Å². The van der Waals surface area contributed by atoms with Gasteiger partial charge in [-0.25, -0.2) is 0 Å². The second-order valence-corrected chi connectivity index (χ2v) is 14.9. The monoisotopic (exact) mass is 666 g/mol. The fourth-order valence-corrected chi connectivity index (χ4v) is 4.45. The third-order valence-electron chi connectivity index (χ3n) is 7.32. The molecule has 3 heteroatoms.